The smallest absolute Gasteiger partial charge is 0.224 e. The van der Waals surface area contributed by atoms with Crippen LogP contribution in [0, 0.1) is 0 Å². The molecule has 3 rings (SSSR count). The van der Waals surface area contributed by atoms with E-state index in [9.17, 15) is 9.59 Å². The Morgan fingerprint density at radius 1 is 0.938 bits per heavy atom. The third kappa shape index (κ3) is 3.97. The number of methoxy groups -OCH3 is 5. The minimum Gasteiger partial charge on any atom is -0.493 e. The molecule has 8 nitrogen and oxygen atoms in total. The minimum absolute atomic E-state index is 0.0715. The molecule has 1 N–H and O–H groups in total. The van der Waals surface area contributed by atoms with Crippen LogP contribution >= 0.6 is 15.9 Å². The van der Waals surface area contributed by atoms with Crippen molar-refractivity contribution < 1.29 is 28.5 Å². The summed E-state index contributed by atoms with van der Waals surface area (Å²) in [6, 6.07) is 2.80. The van der Waals surface area contributed by atoms with Crippen molar-refractivity contribution in [1.29, 1.82) is 0 Å². The van der Waals surface area contributed by atoms with Crippen molar-refractivity contribution in [3.8, 4) is 39.9 Å². The maximum absolute atomic E-state index is 13.0. The van der Waals surface area contributed by atoms with Crippen LogP contribution in [0.25, 0.3) is 11.1 Å². The van der Waals surface area contributed by atoms with Crippen LogP contribution in [-0.4, -0.2) is 41.5 Å². The quantitative estimate of drug-likeness (QED) is 0.637. The van der Waals surface area contributed by atoms with E-state index in [0.29, 0.717) is 45.7 Å². The molecule has 0 saturated carbocycles. The third-order valence-corrected chi connectivity index (χ3v) is 6.31. The number of carbonyl (C=O) groups is 1. The largest absolute Gasteiger partial charge is 0.493 e. The number of rotatable bonds is 6. The number of benzene rings is 1. The first-order chi connectivity index (χ1) is 15.3. The summed E-state index contributed by atoms with van der Waals surface area (Å²) in [7, 11) is 7.50. The summed E-state index contributed by atoms with van der Waals surface area (Å²) in [4.78, 5) is 25.0. The molecule has 0 heterocycles. The summed E-state index contributed by atoms with van der Waals surface area (Å²) in [5.74, 6) is 1.49. The molecule has 1 atom stereocenters. The van der Waals surface area contributed by atoms with Gasteiger partial charge in [-0.15, -0.1) is 0 Å². The third-order valence-electron chi connectivity index (χ3n) is 5.47. The van der Waals surface area contributed by atoms with Gasteiger partial charge in [0.25, 0.3) is 0 Å². The SMILES string of the molecule is COc1cc2c(cc(=O)c1OC)C(NC(C)=O)CCc1c(Br)c(OC)c(OC)c(OC)c1-2. The Bertz CT molecular complexity index is 1120. The Morgan fingerprint density at radius 3 is 2.09 bits per heavy atom. The summed E-state index contributed by atoms with van der Waals surface area (Å²) < 4.78 is 28.6. The molecule has 2 aromatic carbocycles. The zero-order valence-corrected chi connectivity index (χ0v) is 20.5. The van der Waals surface area contributed by atoms with E-state index in [2.05, 4.69) is 21.2 Å². The van der Waals surface area contributed by atoms with Crippen LogP contribution in [-0.2, 0) is 11.2 Å². The number of hydrogen-bond acceptors (Lipinski definition) is 7. The average molecular weight is 508 g/mol. The fraction of sp³-hybridized carbons (Fsp3) is 0.391. The topological polar surface area (TPSA) is 92.3 Å². The fourth-order valence-corrected chi connectivity index (χ4v) is 4.90. The number of carbonyl (C=O) groups excluding carboxylic acids is 1. The van der Waals surface area contributed by atoms with Gasteiger partial charge < -0.3 is 29.0 Å². The molecule has 0 aromatic heterocycles. The molecular weight excluding hydrogens is 482 g/mol. The summed E-state index contributed by atoms with van der Waals surface area (Å²) in [5.41, 5.74) is 2.54. The molecule has 0 bridgehead atoms. The van der Waals surface area contributed by atoms with Crippen molar-refractivity contribution in [3.05, 3.63) is 38.0 Å². The van der Waals surface area contributed by atoms with Crippen molar-refractivity contribution in [2.75, 3.05) is 35.5 Å². The van der Waals surface area contributed by atoms with Crippen LogP contribution in [0.5, 0.6) is 28.7 Å². The van der Waals surface area contributed by atoms with Crippen LogP contribution in [0.15, 0.2) is 21.4 Å². The highest BCUT2D eigenvalue weighted by Crippen LogP contribution is 2.54. The molecule has 0 fully saturated rings. The van der Waals surface area contributed by atoms with Gasteiger partial charge in [-0.3, -0.25) is 9.59 Å². The highest BCUT2D eigenvalue weighted by Gasteiger charge is 2.32. The lowest BCUT2D eigenvalue weighted by Gasteiger charge is -2.21. The lowest BCUT2D eigenvalue weighted by Crippen LogP contribution is -2.26. The first kappa shape index (κ1) is 23.7. The van der Waals surface area contributed by atoms with Crippen molar-refractivity contribution in [3.63, 3.8) is 0 Å². The zero-order valence-electron chi connectivity index (χ0n) is 18.9. The van der Waals surface area contributed by atoms with Gasteiger partial charge >= 0.3 is 0 Å². The Kier molecular flexibility index (Phi) is 7.18. The number of hydrogen-bond donors (Lipinski definition) is 1. The van der Waals surface area contributed by atoms with Gasteiger partial charge in [0.1, 0.15) is 0 Å². The lowest BCUT2D eigenvalue weighted by molar-refractivity contribution is -0.119. The van der Waals surface area contributed by atoms with Crippen molar-refractivity contribution in [1.82, 2.24) is 5.32 Å². The van der Waals surface area contributed by atoms with Crippen LogP contribution in [0.4, 0.5) is 0 Å². The maximum Gasteiger partial charge on any atom is 0.224 e. The molecule has 1 unspecified atom stereocenters. The normalized spacial score (nSPS) is 14.4. The molecular formula is C23H26BrNO7. The molecule has 172 valence electrons. The standard InChI is InChI=1S/C23H26BrNO7/c1-11(26)25-15-8-7-12-18(21(30-4)23(32-6)22(31-5)19(12)24)14-10-17(28-2)20(29-3)16(27)9-13(14)15/h9-10,15H,7-8H2,1-6H3,(H,25,26). The van der Waals surface area contributed by atoms with E-state index in [4.69, 9.17) is 23.7 Å². The summed E-state index contributed by atoms with van der Waals surface area (Å²) >= 11 is 3.66. The van der Waals surface area contributed by atoms with Crippen LogP contribution < -0.4 is 34.4 Å². The van der Waals surface area contributed by atoms with Gasteiger partial charge in [0.2, 0.25) is 22.8 Å². The second kappa shape index (κ2) is 9.68. The molecule has 1 aliphatic rings. The molecule has 0 aliphatic heterocycles. The maximum atomic E-state index is 13.0. The van der Waals surface area contributed by atoms with E-state index in [1.807, 2.05) is 0 Å². The van der Waals surface area contributed by atoms with Gasteiger partial charge in [-0.05, 0) is 57.6 Å². The van der Waals surface area contributed by atoms with Gasteiger partial charge in [0, 0.05) is 12.5 Å². The fourth-order valence-electron chi connectivity index (χ4n) is 4.17. The predicted molar refractivity (Wildman–Crippen MR) is 123 cm³/mol. The van der Waals surface area contributed by atoms with Gasteiger partial charge in [-0.25, -0.2) is 0 Å². The molecule has 1 amide bonds. The molecule has 0 spiro atoms. The number of halogens is 1. The van der Waals surface area contributed by atoms with Gasteiger partial charge in [-0.2, -0.15) is 0 Å². The van der Waals surface area contributed by atoms with E-state index in [0.717, 1.165) is 11.1 Å². The minimum atomic E-state index is -0.419. The number of nitrogens with one attached hydrogen (secondary N) is 1. The molecule has 0 saturated heterocycles. The summed E-state index contributed by atoms with van der Waals surface area (Å²) in [5, 5.41) is 2.96. The zero-order chi connectivity index (χ0) is 23.6. The average Bonchev–Trinajstić information content (AvgIpc) is 3.00. The van der Waals surface area contributed by atoms with Crippen molar-refractivity contribution in [2.45, 2.75) is 25.8 Å². The number of fused-ring (bicyclic) bond motifs is 3. The summed E-state index contributed by atoms with van der Waals surface area (Å²) in [6.45, 7) is 1.45. The van der Waals surface area contributed by atoms with E-state index >= 15 is 0 Å². The highest BCUT2D eigenvalue weighted by molar-refractivity contribution is 9.10. The van der Waals surface area contributed by atoms with E-state index in [-0.39, 0.29) is 22.8 Å². The number of ether oxygens (including phenoxy) is 5. The van der Waals surface area contributed by atoms with Crippen molar-refractivity contribution in [2.24, 2.45) is 0 Å². The molecule has 2 aromatic rings. The van der Waals surface area contributed by atoms with E-state index < -0.39 is 6.04 Å². The Morgan fingerprint density at radius 2 is 1.56 bits per heavy atom. The van der Waals surface area contributed by atoms with Crippen LogP contribution in [0.3, 0.4) is 0 Å². The monoisotopic (exact) mass is 507 g/mol. The van der Waals surface area contributed by atoms with Gasteiger partial charge in [0.05, 0.1) is 46.1 Å². The van der Waals surface area contributed by atoms with Gasteiger partial charge in [-0.1, -0.05) is 0 Å². The van der Waals surface area contributed by atoms with E-state index in [1.165, 1.54) is 34.3 Å². The Hall–Kier alpha value is -2.94. The molecule has 9 heteroatoms. The van der Waals surface area contributed by atoms with Crippen LogP contribution in [0.2, 0.25) is 0 Å². The first-order valence-corrected chi connectivity index (χ1v) is 10.7. The molecule has 0 radical (unpaired) electrons. The summed E-state index contributed by atoms with van der Waals surface area (Å²) in [6.07, 6.45) is 1.12. The second-order valence-corrected chi connectivity index (χ2v) is 7.98. The van der Waals surface area contributed by atoms with Gasteiger partial charge in [0.15, 0.2) is 17.2 Å². The second-order valence-electron chi connectivity index (χ2n) is 7.18. The molecule has 32 heavy (non-hydrogen) atoms. The van der Waals surface area contributed by atoms with E-state index in [1.54, 1.807) is 20.3 Å². The van der Waals surface area contributed by atoms with Crippen molar-refractivity contribution >= 4 is 21.8 Å². The molecule has 1 aliphatic carbocycles. The number of amides is 1. The first-order valence-electron chi connectivity index (χ1n) is 9.90. The van der Waals surface area contributed by atoms with Crippen LogP contribution in [0.1, 0.15) is 30.5 Å². The Labute approximate surface area is 194 Å². The highest BCUT2D eigenvalue weighted by atomic mass is 79.9. The Balaban J connectivity index is 2.55. The lowest BCUT2D eigenvalue weighted by atomic mass is 9.95. The predicted octanol–water partition coefficient (Wildman–Crippen LogP) is 3.64.